The van der Waals surface area contributed by atoms with Crippen molar-refractivity contribution in [2.75, 3.05) is 6.54 Å². The van der Waals surface area contributed by atoms with Gasteiger partial charge in [-0.2, -0.15) is 0 Å². The van der Waals surface area contributed by atoms with Crippen molar-refractivity contribution in [3.8, 4) is 0 Å². The Kier molecular flexibility index (Phi) is 3.12. The van der Waals surface area contributed by atoms with Crippen LogP contribution < -0.4 is 5.32 Å². The van der Waals surface area contributed by atoms with Gasteiger partial charge in [0.2, 0.25) is 0 Å². The lowest BCUT2D eigenvalue weighted by molar-refractivity contribution is 0.538. The summed E-state index contributed by atoms with van der Waals surface area (Å²) in [5, 5.41) is 4.79. The number of rotatable bonds is 4. The average molecular weight is 224 g/mol. The average Bonchev–Trinajstić information content (AvgIpc) is 2.76. The van der Waals surface area contributed by atoms with E-state index in [0.29, 0.717) is 6.04 Å². The molecular formula is C12H20N2S. The molecule has 84 valence electrons. The van der Waals surface area contributed by atoms with Crippen LogP contribution in [0.15, 0.2) is 0 Å². The Bertz CT molecular complexity index is 345. The largest absolute Gasteiger partial charge is 0.309 e. The maximum absolute atomic E-state index is 4.47. The summed E-state index contributed by atoms with van der Waals surface area (Å²) in [6.07, 6.45) is 1.40. The van der Waals surface area contributed by atoms with Crippen LogP contribution in [0.4, 0.5) is 0 Å². The molecule has 3 unspecified atom stereocenters. The van der Waals surface area contributed by atoms with Crippen molar-refractivity contribution < 1.29 is 0 Å². The van der Waals surface area contributed by atoms with Crippen LogP contribution >= 0.6 is 11.3 Å². The Labute approximate surface area is 96.1 Å². The lowest BCUT2D eigenvalue weighted by Crippen LogP contribution is -2.21. The molecule has 1 aromatic rings. The van der Waals surface area contributed by atoms with Gasteiger partial charge >= 0.3 is 0 Å². The van der Waals surface area contributed by atoms with E-state index in [1.807, 2.05) is 11.3 Å². The summed E-state index contributed by atoms with van der Waals surface area (Å²) in [7, 11) is 0. The summed E-state index contributed by atoms with van der Waals surface area (Å²) in [5.41, 5.74) is 1.20. The van der Waals surface area contributed by atoms with Crippen molar-refractivity contribution in [3.05, 3.63) is 15.6 Å². The Morgan fingerprint density at radius 2 is 2.20 bits per heavy atom. The van der Waals surface area contributed by atoms with Crippen molar-refractivity contribution in [1.82, 2.24) is 10.3 Å². The molecular weight excluding hydrogens is 204 g/mol. The Morgan fingerprint density at radius 3 is 2.67 bits per heavy atom. The second-order valence-electron chi connectivity index (χ2n) is 4.79. The molecule has 0 aliphatic heterocycles. The number of hydrogen-bond acceptors (Lipinski definition) is 3. The molecule has 1 heterocycles. The van der Waals surface area contributed by atoms with Crippen LogP contribution in [0.5, 0.6) is 0 Å². The van der Waals surface area contributed by atoms with Crippen LogP contribution in [0.1, 0.15) is 41.9 Å². The van der Waals surface area contributed by atoms with Crippen molar-refractivity contribution in [2.24, 2.45) is 11.8 Å². The predicted octanol–water partition coefficient (Wildman–Crippen LogP) is 3.07. The van der Waals surface area contributed by atoms with Gasteiger partial charge in [0.05, 0.1) is 10.7 Å². The second kappa shape index (κ2) is 4.22. The topological polar surface area (TPSA) is 24.9 Å². The van der Waals surface area contributed by atoms with Crippen LogP contribution in [0.25, 0.3) is 0 Å². The van der Waals surface area contributed by atoms with Gasteiger partial charge in [0, 0.05) is 10.9 Å². The Morgan fingerprint density at radius 1 is 1.53 bits per heavy atom. The molecule has 1 N–H and O–H groups in total. The minimum absolute atomic E-state index is 0.462. The van der Waals surface area contributed by atoms with E-state index in [9.17, 15) is 0 Å². The van der Waals surface area contributed by atoms with Crippen molar-refractivity contribution >= 4 is 11.3 Å². The number of nitrogens with zero attached hydrogens (tertiary/aromatic N) is 1. The minimum atomic E-state index is 0.462. The van der Waals surface area contributed by atoms with Crippen molar-refractivity contribution in [3.63, 3.8) is 0 Å². The van der Waals surface area contributed by atoms with Crippen LogP contribution in [0.2, 0.25) is 0 Å². The molecule has 1 saturated carbocycles. The van der Waals surface area contributed by atoms with E-state index in [-0.39, 0.29) is 0 Å². The molecule has 1 aliphatic rings. The fraction of sp³-hybridized carbons (Fsp3) is 0.750. The molecule has 2 nitrogen and oxygen atoms in total. The maximum atomic E-state index is 4.47. The first kappa shape index (κ1) is 11.1. The van der Waals surface area contributed by atoms with Gasteiger partial charge in [-0.1, -0.05) is 6.92 Å². The van der Waals surface area contributed by atoms with Crippen LogP contribution in [-0.4, -0.2) is 11.5 Å². The van der Waals surface area contributed by atoms with Crippen molar-refractivity contribution in [2.45, 2.75) is 40.2 Å². The van der Waals surface area contributed by atoms with Gasteiger partial charge in [-0.3, -0.25) is 0 Å². The molecule has 0 aromatic carbocycles. The zero-order valence-electron chi connectivity index (χ0n) is 10.0. The SMILES string of the molecule is Cc1nc(C)c(C(C)NCC2CC2C)s1. The normalized spacial score (nSPS) is 26.7. The third kappa shape index (κ3) is 2.58. The first-order chi connectivity index (χ1) is 7.08. The van der Waals surface area contributed by atoms with Gasteiger partial charge in [0.1, 0.15) is 0 Å². The molecule has 1 aromatic heterocycles. The first-order valence-electron chi connectivity index (χ1n) is 5.75. The number of aromatic nitrogens is 1. The first-order valence-corrected chi connectivity index (χ1v) is 6.57. The van der Waals surface area contributed by atoms with E-state index in [4.69, 9.17) is 0 Å². The molecule has 0 radical (unpaired) electrons. The quantitative estimate of drug-likeness (QED) is 0.850. The second-order valence-corrected chi connectivity index (χ2v) is 6.02. The molecule has 1 aliphatic carbocycles. The molecule has 0 saturated heterocycles. The lowest BCUT2D eigenvalue weighted by Gasteiger charge is -2.12. The summed E-state index contributed by atoms with van der Waals surface area (Å²) in [6, 6.07) is 0.462. The minimum Gasteiger partial charge on any atom is -0.309 e. The van der Waals surface area contributed by atoms with E-state index < -0.39 is 0 Å². The monoisotopic (exact) mass is 224 g/mol. The third-order valence-corrected chi connectivity index (χ3v) is 4.55. The fourth-order valence-corrected chi connectivity index (χ4v) is 3.01. The van der Waals surface area contributed by atoms with Gasteiger partial charge in [-0.25, -0.2) is 4.98 Å². The molecule has 0 bridgehead atoms. The van der Waals surface area contributed by atoms with E-state index in [2.05, 4.69) is 38.0 Å². The van der Waals surface area contributed by atoms with Crippen molar-refractivity contribution in [1.29, 1.82) is 0 Å². The number of thiazole rings is 1. The highest BCUT2D eigenvalue weighted by molar-refractivity contribution is 7.11. The summed E-state index contributed by atoms with van der Waals surface area (Å²) >= 11 is 1.82. The van der Waals surface area contributed by atoms with Crippen LogP contribution in [0.3, 0.4) is 0 Å². The number of hydrogen-bond donors (Lipinski definition) is 1. The van der Waals surface area contributed by atoms with E-state index >= 15 is 0 Å². The predicted molar refractivity (Wildman–Crippen MR) is 65.3 cm³/mol. The smallest absolute Gasteiger partial charge is 0.0900 e. The van der Waals surface area contributed by atoms with Gasteiger partial charge in [0.15, 0.2) is 0 Å². The summed E-state index contributed by atoms with van der Waals surface area (Å²) in [4.78, 5) is 5.87. The van der Waals surface area contributed by atoms with E-state index in [1.165, 1.54) is 28.5 Å². The zero-order valence-corrected chi connectivity index (χ0v) is 10.8. The highest BCUT2D eigenvalue weighted by Crippen LogP contribution is 2.37. The molecule has 0 spiro atoms. The maximum Gasteiger partial charge on any atom is 0.0900 e. The standard InChI is InChI=1S/C12H20N2S/c1-7-5-11(7)6-13-8(2)12-9(3)14-10(4)15-12/h7-8,11,13H,5-6H2,1-4H3. The van der Waals surface area contributed by atoms with Crippen LogP contribution in [-0.2, 0) is 0 Å². The van der Waals surface area contributed by atoms with E-state index in [1.54, 1.807) is 0 Å². The highest BCUT2D eigenvalue weighted by atomic mass is 32.1. The third-order valence-electron chi connectivity index (χ3n) is 3.30. The van der Waals surface area contributed by atoms with Crippen LogP contribution in [0, 0.1) is 25.7 Å². The molecule has 3 atom stereocenters. The zero-order chi connectivity index (χ0) is 11.0. The van der Waals surface area contributed by atoms with Gasteiger partial charge in [-0.05, 0) is 45.6 Å². The molecule has 15 heavy (non-hydrogen) atoms. The van der Waals surface area contributed by atoms with Gasteiger partial charge in [0.25, 0.3) is 0 Å². The van der Waals surface area contributed by atoms with Gasteiger partial charge in [-0.15, -0.1) is 11.3 Å². The Balaban J connectivity index is 1.89. The van der Waals surface area contributed by atoms with E-state index in [0.717, 1.165) is 11.8 Å². The summed E-state index contributed by atoms with van der Waals surface area (Å²) in [6.45, 7) is 9.93. The molecule has 3 heteroatoms. The lowest BCUT2D eigenvalue weighted by atomic mass is 10.2. The molecule has 0 amide bonds. The van der Waals surface area contributed by atoms with Gasteiger partial charge < -0.3 is 5.32 Å². The molecule has 1 fully saturated rings. The number of nitrogens with one attached hydrogen (secondary N) is 1. The fourth-order valence-electron chi connectivity index (χ4n) is 2.05. The highest BCUT2D eigenvalue weighted by Gasteiger charge is 2.32. The Hall–Kier alpha value is -0.410. The molecule has 2 rings (SSSR count). The summed E-state index contributed by atoms with van der Waals surface area (Å²) in [5.74, 6) is 1.86. The summed E-state index contributed by atoms with van der Waals surface area (Å²) < 4.78 is 0. The number of aryl methyl sites for hydroxylation is 2.